The minimum atomic E-state index is -0.222. The van der Waals surface area contributed by atoms with Gasteiger partial charge >= 0.3 is 0 Å². The number of ether oxygens (including phenoxy) is 1. The van der Waals surface area contributed by atoms with Gasteiger partial charge in [-0.25, -0.2) is 0 Å². The summed E-state index contributed by atoms with van der Waals surface area (Å²) in [4.78, 5) is 0. The molecule has 2 heteroatoms. The highest BCUT2D eigenvalue weighted by molar-refractivity contribution is 5.60. The van der Waals surface area contributed by atoms with Gasteiger partial charge in [-0.05, 0) is 55.7 Å². The number of allylic oxidation sites excluding steroid dienone is 1. The average Bonchev–Trinajstić information content (AvgIpc) is 2.55. The van der Waals surface area contributed by atoms with Crippen molar-refractivity contribution in [1.29, 1.82) is 0 Å². The normalized spacial score (nSPS) is 12.6. The summed E-state index contributed by atoms with van der Waals surface area (Å²) in [5.74, 6) is 1.08. The molecule has 0 fully saturated rings. The van der Waals surface area contributed by atoms with Crippen LogP contribution in [0.25, 0.3) is 12.2 Å². The molecule has 0 bridgehead atoms. The first kappa shape index (κ1) is 16.9. The zero-order chi connectivity index (χ0) is 16.7. The van der Waals surface area contributed by atoms with Crippen molar-refractivity contribution in [2.45, 2.75) is 32.8 Å². The molecule has 120 valence electrons. The Morgan fingerprint density at radius 1 is 1.00 bits per heavy atom. The van der Waals surface area contributed by atoms with Crippen molar-refractivity contribution in [3.8, 4) is 5.75 Å². The number of phenols is 1. The standard InChI is InChI=1S/C21H24O2/c1-4-21(2,3)23-20(16-18-8-6-5-7-9-18)15-12-17-10-13-19(22)14-11-17/h5-16,22H,4H2,1-3H3. The average molecular weight is 308 g/mol. The minimum absolute atomic E-state index is 0.222. The van der Waals surface area contributed by atoms with E-state index in [1.807, 2.05) is 48.6 Å². The van der Waals surface area contributed by atoms with E-state index in [1.165, 1.54) is 0 Å². The highest BCUT2D eigenvalue weighted by atomic mass is 16.5. The molecule has 0 aliphatic rings. The number of hydrogen-bond acceptors (Lipinski definition) is 2. The van der Waals surface area contributed by atoms with E-state index in [2.05, 4.69) is 32.9 Å². The van der Waals surface area contributed by atoms with Crippen LogP contribution in [0.2, 0.25) is 0 Å². The number of benzene rings is 2. The van der Waals surface area contributed by atoms with Crippen molar-refractivity contribution in [2.24, 2.45) is 0 Å². The van der Waals surface area contributed by atoms with E-state index >= 15 is 0 Å². The van der Waals surface area contributed by atoms with E-state index in [1.54, 1.807) is 12.1 Å². The van der Waals surface area contributed by atoms with E-state index in [-0.39, 0.29) is 11.4 Å². The summed E-state index contributed by atoms with van der Waals surface area (Å²) in [6.45, 7) is 6.28. The summed E-state index contributed by atoms with van der Waals surface area (Å²) in [6, 6.07) is 17.2. The number of aromatic hydroxyl groups is 1. The number of hydrogen-bond donors (Lipinski definition) is 1. The van der Waals surface area contributed by atoms with Crippen molar-refractivity contribution < 1.29 is 9.84 Å². The van der Waals surface area contributed by atoms with Crippen molar-refractivity contribution in [3.63, 3.8) is 0 Å². The van der Waals surface area contributed by atoms with Crippen LogP contribution in [0, 0.1) is 0 Å². The maximum absolute atomic E-state index is 9.35. The van der Waals surface area contributed by atoms with Gasteiger partial charge in [0.2, 0.25) is 0 Å². The predicted molar refractivity (Wildman–Crippen MR) is 97.0 cm³/mol. The van der Waals surface area contributed by atoms with Crippen LogP contribution in [0.15, 0.2) is 66.4 Å². The SMILES string of the molecule is CCC(C)(C)OC(C=Cc1ccc(O)cc1)=Cc1ccccc1. The first-order chi connectivity index (χ1) is 11.0. The summed E-state index contributed by atoms with van der Waals surface area (Å²) >= 11 is 0. The Morgan fingerprint density at radius 3 is 2.26 bits per heavy atom. The molecule has 0 aliphatic carbocycles. The molecule has 0 heterocycles. The Labute approximate surface area is 138 Å². The van der Waals surface area contributed by atoms with E-state index < -0.39 is 0 Å². The van der Waals surface area contributed by atoms with E-state index in [4.69, 9.17) is 4.74 Å². The monoisotopic (exact) mass is 308 g/mol. The number of rotatable bonds is 6. The zero-order valence-corrected chi connectivity index (χ0v) is 14.0. The second-order valence-electron chi connectivity index (χ2n) is 6.10. The van der Waals surface area contributed by atoms with Gasteiger partial charge in [-0.3, -0.25) is 0 Å². The fourth-order valence-electron chi connectivity index (χ4n) is 1.98. The van der Waals surface area contributed by atoms with Gasteiger partial charge < -0.3 is 9.84 Å². The second kappa shape index (κ2) is 7.68. The Bertz CT molecular complexity index is 665. The second-order valence-corrected chi connectivity index (χ2v) is 6.10. The lowest BCUT2D eigenvalue weighted by Gasteiger charge is -2.25. The van der Waals surface area contributed by atoms with Crippen LogP contribution < -0.4 is 0 Å². The van der Waals surface area contributed by atoms with Crippen LogP contribution in [-0.4, -0.2) is 10.7 Å². The molecule has 0 aromatic heterocycles. The van der Waals surface area contributed by atoms with E-state index in [0.29, 0.717) is 0 Å². The smallest absolute Gasteiger partial charge is 0.120 e. The van der Waals surface area contributed by atoms with Crippen LogP contribution in [0.5, 0.6) is 5.75 Å². The fraction of sp³-hybridized carbons (Fsp3) is 0.238. The molecule has 2 aromatic rings. The van der Waals surface area contributed by atoms with Gasteiger partial charge in [0.25, 0.3) is 0 Å². The van der Waals surface area contributed by atoms with Crippen LogP contribution >= 0.6 is 0 Å². The van der Waals surface area contributed by atoms with Gasteiger partial charge in [0, 0.05) is 0 Å². The molecule has 2 nitrogen and oxygen atoms in total. The predicted octanol–water partition coefficient (Wildman–Crippen LogP) is 5.65. The summed E-state index contributed by atoms with van der Waals surface area (Å²) in [5.41, 5.74) is 1.89. The molecule has 0 aliphatic heterocycles. The van der Waals surface area contributed by atoms with Crippen LogP contribution in [0.4, 0.5) is 0 Å². The molecule has 0 unspecified atom stereocenters. The Kier molecular flexibility index (Phi) is 5.64. The van der Waals surface area contributed by atoms with Crippen LogP contribution in [-0.2, 0) is 4.74 Å². The van der Waals surface area contributed by atoms with Gasteiger partial charge in [0.1, 0.15) is 17.1 Å². The molecule has 1 N–H and O–H groups in total. The van der Waals surface area contributed by atoms with Crippen LogP contribution in [0.1, 0.15) is 38.3 Å². The largest absolute Gasteiger partial charge is 0.508 e. The molecule has 0 atom stereocenters. The molecule has 0 amide bonds. The molecule has 0 saturated heterocycles. The van der Waals surface area contributed by atoms with Gasteiger partial charge in [0.15, 0.2) is 0 Å². The first-order valence-corrected chi connectivity index (χ1v) is 7.91. The molecule has 23 heavy (non-hydrogen) atoms. The maximum atomic E-state index is 9.35. The summed E-state index contributed by atoms with van der Waals surface area (Å²) in [5, 5.41) is 9.35. The highest BCUT2D eigenvalue weighted by Gasteiger charge is 2.17. The molecule has 0 radical (unpaired) electrons. The molecule has 2 aromatic carbocycles. The quantitative estimate of drug-likeness (QED) is 0.552. The lowest BCUT2D eigenvalue weighted by atomic mass is 10.1. The number of phenolic OH excluding ortho intramolecular Hbond substituents is 1. The maximum Gasteiger partial charge on any atom is 0.120 e. The molecular weight excluding hydrogens is 284 g/mol. The third-order valence-corrected chi connectivity index (χ3v) is 3.69. The van der Waals surface area contributed by atoms with Crippen molar-refractivity contribution >= 4 is 12.2 Å². The molecule has 0 saturated carbocycles. The lowest BCUT2D eigenvalue weighted by molar-refractivity contribution is 0.0407. The summed E-state index contributed by atoms with van der Waals surface area (Å²) in [7, 11) is 0. The van der Waals surface area contributed by atoms with Crippen molar-refractivity contribution in [1.82, 2.24) is 0 Å². The third-order valence-electron chi connectivity index (χ3n) is 3.69. The summed E-state index contributed by atoms with van der Waals surface area (Å²) < 4.78 is 6.16. The molecule has 2 rings (SSSR count). The Morgan fingerprint density at radius 2 is 1.65 bits per heavy atom. The van der Waals surface area contributed by atoms with Gasteiger partial charge in [-0.2, -0.15) is 0 Å². The Hall–Kier alpha value is -2.48. The first-order valence-electron chi connectivity index (χ1n) is 7.91. The lowest BCUT2D eigenvalue weighted by Crippen LogP contribution is -2.22. The minimum Gasteiger partial charge on any atom is -0.508 e. The topological polar surface area (TPSA) is 29.5 Å². The Balaban J connectivity index is 2.26. The van der Waals surface area contributed by atoms with Crippen molar-refractivity contribution in [3.05, 3.63) is 77.6 Å². The van der Waals surface area contributed by atoms with Gasteiger partial charge in [0.05, 0.1) is 0 Å². The molecule has 0 spiro atoms. The zero-order valence-electron chi connectivity index (χ0n) is 14.0. The highest BCUT2D eigenvalue weighted by Crippen LogP contribution is 2.22. The van der Waals surface area contributed by atoms with Gasteiger partial charge in [-0.1, -0.05) is 55.5 Å². The van der Waals surface area contributed by atoms with Crippen LogP contribution in [0.3, 0.4) is 0 Å². The van der Waals surface area contributed by atoms with E-state index in [0.717, 1.165) is 23.3 Å². The van der Waals surface area contributed by atoms with Crippen molar-refractivity contribution in [2.75, 3.05) is 0 Å². The van der Waals surface area contributed by atoms with E-state index in [9.17, 15) is 5.11 Å². The fourth-order valence-corrected chi connectivity index (χ4v) is 1.98. The third kappa shape index (κ3) is 5.67. The summed E-state index contributed by atoms with van der Waals surface area (Å²) in [6.07, 6.45) is 6.91. The molecular formula is C21H24O2. The van der Waals surface area contributed by atoms with Gasteiger partial charge in [-0.15, -0.1) is 0 Å².